The summed E-state index contributed by atoms with van der Waals surface area (Å²) in [5, 5.41) is 21.2. The van der Waals surface area contributed by atoms with E-state index in [1.807, 2.05) is 6.92 Å². The second kappa shape index (κ2) is 4.67. The van der Waals surface area contributed by atoms with Gasteiger partial charge in [-0.25, -0.2) is 0 Å². The van der Waals surface area contributed by atoms with Crippen LogP contribution in [0.4, 0.5) is 0 Å². The molecular formula is C11H17N5O2. The highest BCUT2D eigenvalue weighted by Crippen LogP contribution is 2.41. The lowest BCUT2D eigenvalue weighted by Crippen LogP contribution is -2.53. The zero-order valence-electron chi connectivity index (χ0n) is 10.2. The second-order valence-electron chi connectivity index (χ2n) is 4.62. The topological polar surface area (TPSA) is 116 Å². The third kappa shape index (κ3) is 1.92. The van der Waals surface area contributed by atoms with Gasteiger partial charge in [-0.05, 0) is 19.8 Å². The maximum atomic E-state index is 12.1. The number of amidine groups is 1. The van der Waals surface area contributed by atoms with E-state index in [0.29, 0.717) is 19.4 Å². The number of amides is 1. The monoisotopic (exact) mass is 251 g/mol. The Morgan fingerprint density at radius 1 is 1.72 bits per heavy atom. The molecule has 1 heterocycles. The zero-order valence-corrected chi connectivity index (χ0v) is 10.2. The number of H-pyrrole nitrogens is 1. The molecule has 1 aliphatic rings. The Kier molecular flexibility index (Phi) is 3.22. The number of rotatable bonds is 4. The Balaban J connectivity index is 2.01. The Labute approximate surface area is 104 Å². The van der Waals surface area contributed by atoms with E-state index in [2.05, 4.69) is 20.7 Å². The van der Waals surface area contributed by atoms with E-state index in [1.54, 1.807) is 6.20 Å². The van der Waals surface area contributed by atoms with Gasteiger partial charge >= 0.3 is 0 Å². The molecule has 1 aromatic heterocycles. The van der Waals surface area contributed by atoms with Crippen LogP contribution in [0.25, 0.3) is 0 Å². The van der Waals surface area contributed by atoms with Crippen LogP contribution < -0.4 is 11.1 Å². The number of nitrogens with one attached hydrogen (secondary N) is 2. The quantitative estimate of drug-likeness (QED) is 0.265. The number of oxime groups is 1. The average Bonchev–Trinajstić information content (AvgIpc) is 2.70. The van der Waals surface area contributed by atoms with Crippen LogP contribution in [0.1, 0.15) is 30.5 Å². The van der Waals surface area contributed by atoms with Gasteiger partial charge in [0.05, 0.1) is 6.20 Å². The summed E-state index contributed by atoms with van der Waals surface area (Å²) in [7, 11) is 0. The molecule has 0 radical (unpaired) electrons. The van der Waals surface area contributed by atoms with E-state index in [1.165, 1.54) is 0 Å². The Morgan fingerprint density at radius 3 is 2.89 bits per heavy atom. The Morgan fingerprint density at radius 2 is 2.44 bits per heavy atom. The molecule has 1 fully saturated rings. The summed E-state index contributed by atoms with van der Waals surface area (Å²) in [4.78, 5) is 12.1. The van der Waals surface area contributed by atoms with E-state index >= 15 is 0 Å². The highest BCUT2D eigenvalue weighted by molar-refractivity contribution is 6.07. The van der Waals surface area contributed by atoms with Crippen LogP contribution in [0.5, 0.6) is 0 Å². The third-order valence-electron chi connectivity index (χ3n) is 3.61. The number of hydrogen-bond donors (Lipinski definition) is 4. The largest absolute Gasteiger partial charge is 0.409 e. The van der Waals surface area contributed by atoms with Gasteiger partial charge in [0.25, 0.3) is 0 Å². The molecule has 7 nitrogen and oxygen atoms in total. The fourth-order valence-corrected chi connectivity index (χ4v) is 2.12. The van der Waals surface area contributed by atoms with Crippen molar-refractivity contribution in [3.8, 4) is 0 Å². The molecule has 0 bridgehead atoms. The van der Waals surface area contributed by atoms with Crippen molar-refractivity contribution in [3.05, 3.63) is 17.5 Å². The van der Waals surface area contributed by atoms with Crippen molar-refractivity contribution in [2.75, 3.05) is 0 Å². The maximum Gasteiger partial charge on any atom is 0.234 e. The maximum absolute atomic E-state index is 12.1. The van der Waals surface area contributed by atoms with Crippen LogP contribution in [-0.4, -0.2) is 27.1 Å². The zero-order chi connectivity index (χ0) is 13.2. The fraction of sp³-hybridized carbons (Fsp3) is 0.545. The summed E-state index contributed by atoms with van der Waals surface area (Å²) in [6.07, 6.45) is 3.83. The van der Waals surface area contributed by atoms with Crippen molar-refractivity contribution < 1.29 is 10.0 Å². The van der Waals surface area contributed by atoms with Crippen LogP contribution in [0.3, 0.4) is 0 Å². The Bertz CT molecular complexity index is 476. The molecule has 2 rings (SSSR count). The standard InChI is InChI=1S/C11H17N5O2/c1-7-8(6-14-15-7)5-13-10(17)11(3-2-4-11)9(12)16-18/h6,18H,2-5H2,1H3,(H2,12,16)(H,13,17)(H,14,15). The van der Waals surface area contributed by atoms with Crippen molar-refractivity contribution in [2.45, 2.75) is 32.7 Å². The lowest BCUT2D eigenvalue weighted by Gasteiger charge is -2.38. The molecule has 0 aromatic carbocycles. The molecule has 5 N–H and O–H groups in total. The van der Waals surface area contributed by atoms with Gasteiger partial charge in [-0.2, -0.15) is 5.10 Å². The van der Waals surface area contributed by atoms with Crippen molar-refractivity contribution in [1.29, 1.82) is 0 Å². The molecule has 0 saturated heterocycles. The van der Waals surface area contributed by atoms with Gasteiger partial charge in [-0.3, -0.25) is 9.89 Å². The van der Waals surface area contributed by atoms with Crippen molar-refractivity contribution >= 4 is 11.7 Å². The highest BCUT2D eigenvalue weighted by Gasteiger charge is 2.48. The van der Waals surface area contributed by atoms with E-state index in [9.17, 15) is 4.79 Å². The first-order valence-corrected chi connectivity index (χ1v) is 5.85. The first-order valence-electron chi connectivity index (χ1n) is 5.85. The number of carbonyl (C=O) groups is 1. The van der Waals surface area contributed by atoms with Gasteiger partial charge in [0.15, 0.2) is 5.84 Å². The minimum atomic E-state index is -0.827. The molecule has 0 atom stereocenters. The van der Waals surface area contributed by atoms with Crippen LogP contribution in [-0.2, 0) is 11.3 Å². The summed E-state index contributed by atoms with van der Waals surface area (Å²) >= 11 is 0. The lowest BCUT2D eigenvalue weighted by atomic mass is 9.67. The fourth-order valence-electron chi connectivity index (χ4n) is 2.12. The van der Waals surface area contributed by atoms with E-state index in [0.717, 1.165) is 17.7 Å². The molecule has 0 aliphatic heterocycles. The summed E-state index contributed by atoms with van der Waals surface area (Å²) in [5.41, 5.74) is 6.63. The molecule has 18 heavy (non-hydrogen) atoms. The third-order valence-corrected chi connectivity index (χ3v) is 3.61. The minimum Gasteiger partial charge on any atom is -0.409 e. The summed E-state index contributed by atoms with van der Waals surface area (Å²) in [6, 6.07) is 0. The summed E-state index contributed by atoms with van der Waals surface area (Å²) < 4.78 is 0. The van der Waals surface area contributed by atoms with Gasteiger partial charge in [-0.15, -0.1) is 0 Å². The van der Waals surface area contributed by atoms with E-state index in [-0.39, 0.29) is 11.7 Å². The lowest BCUT2D eigenvalue weighted by molar-refractivity contribution is -0.131. The molecule has 98 valence electrons. The normalized spacial score (nSPS) is 18.2. The molecular weight excluding hydrogens is 234 g/mol. The number of aromatic amines is 1. The van der Waals surface area contributed by atoms with Crippen molar-refractivity contribution in [3.63, 3.8) is 0 Å². The number of hydrogen-bond acceptors (Lipinski definition) is 4. The van der Waals surface area contributed by atoms with Gasteiger partial charge in [-0.1, -0.05) is 11.6 Å². The van der Waals surface area contributed by atoms with E-state index in [4.69, 9.17) is 10.9 Å². The van der Waals surface area contributed by atoms with Crippen LogP contribution >= 0.6 is 0 Å². The summed E-state index contributed by atoms with van der Waals surface area (Å²) in [6.45, 7) is 2.28. The number of aromatic nitrogens is 2. The van der Waals surface area contributed by atoms with Crippen molar-refractivity contribution in [1.82, 2.24) is 15.5 Å². The Hall–Kier alpha value is -2.05. The van der Waals surface area contributed by atoms with Gasteiger partial charge in [0, 0.05) is 17.8 Å². The molecule has 0 unspecified atom stereocenters. The molecule has 7 heteroatoms. The smallest absolute Gasteiger partial charge is 0.234 e. The molecule has 1 amide bonds. The highest BCUT2D eigenvalue weighted by atomic mass is 16.4. The number of carbonyl (C=O) groups excluding carboxylic acids is 1. The van der Waals surface area contributed by atoms with Crippen molar-refractivity contribution in [2.24, 2.45) is 16.3 Å². The van der Waals surface area contributed by atoms with Crippen LogP contribution in [0, 0.1) is 12.3 Å². The first kappa shape index (κ1) is 12.4. The van der Waals surface area contributed by atoms with Crippen LogP contribution in [0.15, 0.2) is 11.4 Å². The summed E-state index contributed by atoms with van der Waals surface area (Å²) in [5.74, 6) is -0.195. The SMILES string of the molecule is Cc1[nH]ncc1CNC(=O)C1(/C(N)=N/O)CCC1. The molecule has 1 aromatic rings. The molecule has 1 aliphatic carbocycles. The first-order chi connectivity index (χ1) is 8.60. The molecule has 0 spiro atoms. The number of aryl methyl sites for hydroxylation is 1. The average molecular weight is 251 g/mol. The second-order valence-corrected chi connectivity index (χ2v) is 4.62. The van der Waals surface area contributed by atoms with Gasteiger partial charge in [0.1, 0.15) is 5.41 Å². The van der Waals surface area contributed by atoms with Crippen LogP contribution in [0.2, 0.25) is 0 Å². The minimum absolute atomic E-state index is 0.00448. The predicted molar refractivity (Wildman–Crippen MR) is 64.9 cm³/mol. The van der Waals surface area contributed by atoms with Gasteiger partial charge in [0.2, 0.25) is 5.91 Å². The van der Waals surface area contributed by atoms with E-state index < -0.39 is 5.41 Å². The van der Waals surface area contributed by atoms with Gasteiger partial charge < -0.3 is 16.3 Å². The predicted octanol–water partition coefficient (Wildman–Crippen LogP) is 0.251. The molecule has 1 saturated carbocycles. The number of nitrogens with zero attached hydrogens (tertiary/aromatic N) is 2. The number of nitrogens with two attached hydrogens (primary N) is 1.